The zero-order valence-corrected chi connectivity index (χ0v) is 19.8. The van der Waals surface area contributed by atoms with Gasteiger partial charge in [-0.3, -0.25) is 24.5 Å². The lowest BCUT2D eigenvalue weighted by Gasteiger charge is -2.10. The molecule has 0 atom stereocenters. The Kier molecular flexibility index (Phi) is 7.84. The van der Waals surface area contributed by atoms with Crippen molar-refractivity contribution in [1.82, 2.24) is 0 Å². The van der Waals surface area contributed by atoms with Gasteiger partial charge < -0.3 is 4.74 Å². The molecule has 12 nitrogen and oxygen atoms in total. The maximum atomic E-state index is 12.1. The van der Waals surface area contributed by atoms with Crippen LogP contribution in [0.2, 0.25) is 0 Å². The number of hydrogen-bond donors (Lipinski definition) is 3. The van der Waals surface area contributed by atoms with E-state index in [1.54, 1.807) is 30.3 Å². The fraction of sp³-hybridized carbons (Fsp3) is 0.0455. The summed E-state index contributed by atoms with van der Waals surface area (Å²) in [6.07, 6.45) is 1.31. The van der Waals surface area contributed by atoms with Gasteiger partial charge in [-0.05, 0) is 34.9 Å². The largest absolute Gasteiger partial charge is 0.444 e. The number of carbonyl (C=O) groups excluding carboxylic acids is 1. The van der Waals surface area contributed by atoms with Gasteiger partial charge in [0.25, 0.3) is 25.9 Å². The monoisotopic (exact) mass is 534 g/mol. The highest BCUT2D eigenvalue weighted by atomic mass is 32.2. The molecule has 0 fully saturated rings. The van der Waals surface area contributed by atoms with Crippen LogP contribution in [0.5, 0.6) is 0 Å². The summed E-state index contributed by atoms with van der Waals surface area (Å²) in [5, 5.41) is 13.3. The topological polar surface area (TPSA) is 190 Å². The van der Waals surface area contributed by atoms with Crippen LogP contribution in [-0.4, -0.2) is 37.0 Å². The molecule has 3 aromatic carbocycles. The minimum atomic E-state index is -4.86. The highest BCUT2D eigenvalue weighted by molar-refractivity contribution is 7.86. The van der Waals surface area contributed by atoms with Gasteiger partial charge in [-0.25, -0.2) is 4.79 Å². The van der Waals surface area contributed by atoms with E-state index >= 15 is 0 Å². The quantitative estimate of drug-likeness (QED) is 0.165. The fourth-order valence-electron chi connectivity index (χ4n) is 3.03. The summed E-state index contributed by atoms with van der Waals surface area (Å²) in [6, 6.07) is 14.9. The molecule has 1 amide bonds. The second kappa shape index (κ2) is 10.7. The molecular formula is C22H18N2O10S2. The van der Waals surface area contributed by atoms with Crippen molar-refractivity contribution < 1.29 is 40.4 Å². The van der Waals surface area contributed by atoms with E-state index < -0.39 is 46.7 Å². The Balaban J connectivity index is 1.88. The number of nitrogens with zero attached hydrogens (tertiary/aromatic N) is 1. The molecule has 0 heterocycles. The summed E-state index contributed by atoms with van der Waals surface area (Å²) in [5.74, 6) is 0. The van der Waals surface area contributed by atoms with Crippen LogP contribution in [0, 0.1) is 10.1 Å². The van der Waals surface area contributed by atoms with E-state index in [1.165, 1.54) is 12.1 Å². The third kappa shape index (κ3) is 6.96. The van der Waals surface area contributed by atoms with E-state index in [9.17, 15) is 40.8 Å². The van der Waals surface area contributed by atoms with Crippen molar-refractivity contribution in [2.45, 2.75) is 16.4 Å². The SMILES string of the molecule is O=C(Nc1ccc(/C=C/c2ccc([N+](=O)[O-])cc2S(=O)(=O)O)c(S(=O)(=O)O)c1)OCc1ccccc1. The van der Waals surface area contributed by atoms with Crippen molar-refractivity contribution in [2.24, 2.45) is 0 Å². The maximum absolute atomic E-state index is 12.1. The van der Waals surface area contributed by atoms with Crippen molar-refractivity contribution in [3.8, 4) is 0 Å². The van der Waals surface area contributed by atoms with Crippen LogP contribution in [0.25, 0.3) is 12.2 Å². The summed E-state index contributed by atoms with van der Waals surface area (Å²) in [4.78, 5) is 20.7. The van der Waals surface area contributed by atoms with Gasteiger partial charge in [-0.2, -0.15) is 16.8 Å². The van der Waals surface area contributed by atoms with Crippen LogP contribution in [0.4, 0.5) is 16.2 Å². The first-order valence-corrected chi connectivity index (χ1v) is 12.8. The summed E-state index contributed by atoms with van der Waals surface area (Å²) in [7, 11) is -9.67. The number of carbonyl (C=O) groups is 1. The number of nitro groups is 1. The maximum Gasteiger partial charge on any atom is 0.411 e. The van der Waals surface area contributed by atoms with Crippen molar-refractivity contribution in [1.29, 1.82) is 0 Å². The second-order valence-corrected chi connectivity index (χ2v) is 9.98. The number of benzene rings is 3. The molecule has 0 aliphatic rings. The minimum Gasteiger partial charge on any atom is -0.444 e. The molecule has 0 aliphatic carbocycles. The molecule has 36 heavy (non-hydrogen) atoms. The predicted molar refractivity (Wildman–Crippen MR) is 128 cm³/mol. The Hall–Kier alpha value is -4.11. The third-order valence-electron chi connectivity index (χ3n) is 4.68. The third-order valence-corrected chi connectivity index (χ3v) is 6.50. The predicted octanol–water partition coefficient (Wildman–Crippen LogP) is 4.01. The Bertz CT molecular complexity index is 1550. The lowest BCUT2D eigenvalue weighted by Crippen LogP contribution is -2.14. The molecule has 0 saturated heterocycles. The molecule has 0 unspecified atom stereocenters. The minimum absolute atomic E-state index is 0.0215. The van der Waals surface area contributed by atoms with Gasteiger partial charge in [-0.15, -0.1) is 0 Å². The Morgan fingerprint density at radius 2 is 1.44 bits per heavy atom. The van der Waals surface area contributed by atoms with E-state index in [4.69, 9.17) is 4.74 Å². The Labute approximate surface area is 205 Å². The number of hydrogen-bond acceptors (Lipinski definition) is 8. The van der Waals surface area contributed by atoms with Gasteiger partial charge >= 0.3 is 6.09 Å². The molecule has 0 aliphatic heterocycles. The molecular weight excluding hydrogens is 516 g/mol. The highest BCUT2D eigenvalue weighted by Gasteiger charge is 2.20. The average molecular weight is 535 g/mol. The van der Waals surface area contributed by atoms with Crippen LogP contribution in [0.3, 0.4) is 0 Å². The zero-order chi connectivity index (χ0) is 26.5. The molecule has 3 rings (SSSR count). The Morgan fingerprint density at radius 3 is 2.00 bits per heavy atom. The number of rotatable bonds is 8. The summed E-state index contributed by atoms with van der Waals surface area (Å²) >= 11 is 0. The lowest BCUT2D eigenvalue weighted by atomic mass is 10.1. The molecule has 0 radical (unpaired) electrons. The molecule has 3 aromatic rings. The van der Waals surface area contributed by atoms with Crippen molar-refractivity contribution >= 4 is 49.9 Å². The van der Waals surface area contributed by atoms with E-state index in [1.807, 2.05) is 0 Å². The molecule has 0 spiro atoms. The van der Waals surface area contributed by atoms with Crippen LogP contribution in [0.15, 0.2) is 76.5 Å². The first-order chi connectivity index (χ1) is 16.8. The van der Waals surface area contributed by atoms with Crippen LogP contribution in [-0.2, 0) is 31.6 Å². The first-order valence-electron chi connectivity index (χ1n) is 9.88. The standard InChI is InChI=1S/C22H18N2O10S2/c25-22(34-14-15-4-2-1-3-5-15)23-18-10-8-16(20(12-18)35(28,29)30)6-7-17-9-11-19(24(26)27)13-21(17)36(31,32)33/h1-13H,14H2,(H,23,25)(H,28,29,30)(H,31,32,33)/b7-6+. The molecule has 0 bridgehead atoms. The van der Waals surface area contributed by atoms with Crippen LogP contribution < -0.4 is 5.32 Å². The van der Waals surface area contributed by atoms with Crippen molar-refractivity contribution in [2.75, 3.05) is 5.32 Å². The number of ether oxygens (including phenoxy) is 1. The lowest BCUT2D eigenvalue weighted by molar-refractivity contribution is -0.385. The molecule has 3 N–H and O–H groups in total. The first kappa shape index (κ1) is 26.5. The van der Waals surface area contributed by atoms with E-state index in [2.05, 4.69) is 5.32 Å². The Morgan fingerprint density at radius 1 is 0.889 bits per heavy atom. The molecule has 14 heteroatoms. The summed E-state index contributed by atoms with van der Waals surface area (Å²) < 4.78 is 71.3. The van der Waals surface area contributed by atoms with Crippen molar-refractivity contribution in [3.05, 3.63) is 93.5 Å². The van der Waals surface area contributed by atoms with E-state index in [0.29, 0.717) is 6.07 Å². The fourth-order valence-corrected chi connectivity index (χ4v) is 4.44. The number of anilines is 1. The van der Waals surface area contributed by atoms with Crippen LogP contribution in [0.1, 0.15) is 16.7 Å². The molecule has 0 aromatic heterocycles. The molecule has 0 saturated carbocycles. The van der Waals surface area contributed by atoms with Gasteiger partial charge in [0, 0.05) is 17.8 Å². The van der Waals surface area contributed by atoms with E-state index in [0.717, 1.165) is 35.9 Å². The van der Waals surface area contributed by atoms with Crippen LogP contribution >= 0.6 is 0 Å². The average Bonchev–Trinajstić information content (AvgIpc) is 2.81. The number of nitrogens with one attached hydrogen (secondary N) is 1. The molecule has 188 valence electrons. The second-order valence-electron chi connectivity index (χ2n) is 7.20. The number of amides is 1. The smallest absolute Gasteiger partial charge is 0.411 e. The van der Waals surface area contributed by atoms with Gasteiger partial charge in [-0.1, -0.05) is 48.6 Å². The highest BCUT2D eigenvalue weighted by Crippen LogP contribution is 2.27. The van der Waals surface area contributed by atoms with Gasteiger partial charge in [0.1, 0.15) is 16.4 Å². The summed E-state index contributed by atoms with van der Waals surface area (Å²) in [5.41, 5.74) is -0.182. The van der Waals surface area contributed by atoms with Gasteiger partial charge in [0.15, 0.2) is 0 Å². The van der Waals surface area contributed by atoms with Gasteiger partial charge in [0.2, 0.25) is 0 Å². The normalized spacial score (nSPS) is 11.8. The number of nitro benzene ring substituents is 1. The van der Waals surface area contributed by atoms with E-state index in [-0.39, 0.29) is 23.4 Å². The summed E-state index contributed by atoms with van der Waals surface area (Å²) in [6.45, 7) is -0.0377. The zero-order valence-electron chi connectivity index (χ0n) is 18.1. The van der Waals surface area contributed by atoms with Crippen molar-refractivity contribution in [3.63, 3.8) is 0 Å². The number of non-ortho nitro benzene ring substituents is 1. The van der Waals surface area contributed by atoms with Gasteiger partial charge in [0.05, 0.1) is 4.92 Å².